The van der Waals surface area contributed by atoms with E-state index in [1.807, 2.05) is 48.5 Å². The summed E-state index contributed by atoms with van der Waals surface area (Å²) in [7, 11) is 0. The first-order chi connectivity index (χ1) is 15.5. The van der Waals surface area contributed by atoms with Crippen molar-refractivity contribution >= 4 is 18.2 Å². The van der Waals surface area contributed by atoms with Gasteiger partial charge in [-0.25, -0.2) is 14.4 Å². The average Bonchev–Trinajstić information content (AvgIpc) is 3.14. The van der Waals surface area contributed by atoms with Gasteiger partial charge in [0.25, 0.3) is 0 Å². The Labute approximate surface area is 185 Å². The Balaban J connectivity index is 1.44. The summed E-state index contributed by atoms with van der Waals surface area (Å²) in [5.41, 5.74) is 4.37. The number of hydrogen-bond acceptors (Lipinski definition) is 5. The van der Waals surface area contributed by atoms with Crippen LogP contribution in [0.25, 0.3) is 11.1 Å². The van der Waals surface area contributed by atoms with Crippen molar-refractivity contribution in [1.82, 2.24) is 9.80 Å². The van der Waals surface area contributed by atoms with Crippen LogP contribution in [0.1, 0.15) is 17.0 Å². The highest BCUT2D eigenvalue weighted by Gasteiger charge is 2.39. The number of carboxylic acids is 1. The minimum absolute atomic E-state index is 0.0309. The van der Waals surface area contributed by atoms with Crippen LogP contribution in [0.3, 0.4) is 0 Å². The van der Waals surface area contributed by atoms with Crippen molar-refractivity contribution in [2.45, 2.75) is 12.0 Å². The first-order valence-electron chi connectivity index (χ1n) is 10.4. The zero-order valence-corrected chi connectivity index (χ0v) is 17.5. The number of carboxylic acid groups (broad SMARTS) is 1. The Morgan fingerprint density at radius 3 is 2.19 bits per heavy atom. The van der Waals surface area contributed by atoms with E-state index >= 15 is 0 Å². The monoisotopic (exact) mass is 436 g/mol. The van der Waals surface area contributed by atoms with Gasteiger partial charge in [0, 0.05) is 19.0 Å². The van der Waals surface area contributed by atoms with Crippen LogP contribution in [0.15, 0.2) is 61.2 Å². The zero-order valence-electron chi connectivity index (χ0n) is 17.5. The highest BCUT2D eigenvalue weighted by Crippen LogP contribution is 2.44. The van der Waals surface area contributed by atoms with Crippen molar-refractivity contribution in [3.05, 3.63) is 72.3 Å². The number of rotatable bonds is 5. The molecule has 1 saturated heterocycles. The SMILES string of the molecule is C=CCOC(=O)N1CCN(C(=O)OCC2c3ccccc3-c3ccccc32)C(C(=O)O)C1. The Hall–Kier alpha value is -3.81. The molecule has 0 bridgehead atoms. The number of amides is 2. The number of fused-ring (bicyclic) bond motifs is 3. The second-order valence-corrected chi connectivity index (χ2v) is 7.66. The van der Waals surface area contributed by atoms with E-state index < -0.39 is 24.2 Å². The molecule has 1 fully saturated rings. The zero-order chi connectivity index (χ0) is 22.7. The van der Waals surface area contributed by atoms with Gasteiger partial charge in [-0.15, -0.1) is 0 Å². The summed E-state index contributed by atoms with van der Waals surface area (Å²) in [5, 5.41) is 9.63. The molecule has 8 nitrogen and oxygen atoms in total. The van der Waals surface area contributed by atoms with Crippen LogP contribution in [-0.2, 0) is 14.3 Å². The van der Waals surface area contributed by atoms with Gasteiger partial charge in [0.15, 0.2) is 6.04 Å². The molecule has 4 rings (SSSR count). The molecule has 2 aromatic carbocycles. The van der Waals surface area contributed by atoms with E-state index in [1.165, 1.54) is 11.0 Å². The standard InChI is InChI=1S/C24H24N2O6/c1-2-13-31-23(29)25-11-12-26(21(14-25)22(27)28)24(30)32-15-20-18-9-5-3-7-16(18)17-8-4-6-10-19(17)20/h2-10,20-21H,1,11-15H2,(H,27,28). The van der Waals surface area contributed by atoms with Crippen molar-refractivity contribution < 1.29 is 29.0 Å². The van der Waals surface area contributed by atoms with Crippen LogP contribution in [0.4, 0.5) is 9.59 Å². The maximum atomic E-state index is 12.8. The van der Waals surface area contributed by atoms with Crippen LogP contribution in [0, 0.1) is 0 Å². The molecule has 2 amide bonds. The molecule has 0 spiro atoms. The highest BCUT2D eigenvalue weighted by molar-refractivity contribution is 5.82. The summed E-state index contributed by atoms with van der Waals surface area (Å²) in [5.74, 6) is -1.33. The molecule has 1 aliphatic heterocycles. The lowest BCUT2D eigenvalue weighted by atomic mass is 9.98. The fraction of sp³-hybridized carbons (Fsp3) is 0.292. The van der Waals surface area contributed by atoms with E-state index in [2.05, 4.69) is 6.58 Å². The Morgan fingerprint density at radius 2 is 1.59 bits per heavy atom. The van der Waals surface area contributed by atoms with Crippen LogP contribution in [0.5, 0.6) is 0 Å². The molecule has 0 saturated carbocycles. The van der Waals surface area contributed by atoms with Gasteiger partial charge in [0.1, 0.15) is 13.2 Å². The van der Waals surface area contributed by atoms with Gasteiger partial charge < -0.3 is 19.5 Å². The van der Waals surface area contributed by atoms with Gasteiger partial charge in [0.2, 0.25) is 0 Å². The quantitative estimate of drug-likeness (QED) is 0.723. The van der Waals surface area contributed by atoms with E-state index in [0.29, 0.717) is 0 Å². The van der Waals surface area contributed by atoms with Gasteiger partial charge >= 0.3 is 18.2 Å². The number of carbonyl (C=O) groups is 3. The molecular formula is C24H24N2O6. The van der Waals surface area contributed by atoms with E-state index in [9.17, 15) is 19.5 Å². The van der Waals surface area contributed by atoms with Crippen molar-refractivity contribution in [2.24, 2.45) is 0 Å². The summed E-state index contributed by atoms with van der Waals surface area (Å²) < 4.78 is 10.6. The number of hydrogen-bond donors (Lipinski definition) is 1. The fourth-order valence-electron chi connectivity index (χ4n) is 4.28. The third-order valence-corrected chi connectivity index (χ3v) is 5.82. The van der Waals surface area contributed by atoms with Gasteiger partial charge in [-0.3, -0.25) is 4.90 Å². The Morgan fingerprint density at radius 1 is 0.969 bits per heavy atom. The lowest BCUT2D eigenvalue weighted by Gasteiger charge is -2.38. The number of nitrogens with zero attached hydrogens (tertiary/aromatic N) is 2. The van der Waals surface area contributed by atoms with Crippen molar-refractivity contribution in [3.8, 4) is 11.1 Å². The van der Waals surface area contributed by atoms with Crippen molar-refractivity contribution in [3.63, 3.8) is 0 Å². The molecular weight excluding hydrogens is 412 g/mol. The Kier molecular flexibility index (Phi) is 6.11. The number of aliphatic carboxylic acids is 1. The minimum Gasteiger partial charge on any atom is -0.480 e. The summed E-state index contributed by atoms with van der Waals surface area (Å²) in [4.78, 5) is 39.1. The topological polar surface area (TPSA) is 96.4 Å². The fourth-order valence-corrected chi connectivity index (χ4v) is 4.28. The third kappa shape index (κ3) is 4.03. The second-order valence-electron chi connectivity index (χ2n) is 7.66. The third-order valence-electron chi connectivity index (χ3n) is 5.82. The molecule has 2 aliphatic rings. The van der Waals surface area contributed by atoms with Crippen molar-refractivity contribution in [1.29, 1.82) is 0 Å². The van der Waals surface area contributed by atoms with Crippen LogP contribution >= 0.6 is 0 Å². The summed E-state index contributed by atoms with van der Waals surface area (Å²) in [6, 6.07) is 14.7. The summed E-state index contributed by atoms with van der Waals surface area (Å²) >= 11 is 0. The first-order valence-corrected chi connectivity index (χ1v) is 10.4. The van der Waals surface area contributed by atoms with Gasteiger partial charge in [0.05, 0.1) is 6.54 Å². The maximum absolute atomic E-state index is 12.8. The summed E-state index contributed by atoms with van der Waals surface area (Å²) in [6.07, 6.45) is 0.0844. The van der Waals surface area contributed by atoms with Gasteiger partial charge in [-0.1, -0.05) is 61.2 Å². The predicted octanol–water partition coefficient (Wildman–Crippen LogP) is 3.33. The normalized spacial score (nSPS) is 17.3. The van der Waals surface area contributed by atoms with E-state index in [4.69, 9.17) is 9.47 Å². The number of carbonyl (C=O) groups excluding carboxylic acids is 2. The van der Waals surface area contributed by atoms with E-state index in [-0.39, 0.29) is 38.8 Å². The van der Waals surface area contributed by atoms with Crippen LogP contribution in [0.2, 0.25) is 0 Å². The summed E-state index contributed by atoms with van der Waals surface area (Å²) in [6.45, 7) is 3.63. The van der Waals surface area contributed by atoms with Crippen LogP contribution < -0.4 is 0 Å². The highest BCUT2D eigenvalue weighted by atomic mass is 16.6. The lowest BCUT2D eigenvalue weighted by Crippen LogP contribution is -2.59. The van der Waals surface area contributed by atoms with E-state index in [1.54, 1.807) is 0 Å². The number of ether oxygens (including phenoxy) is 2. The van der Waals surface area contributed by atoms with Crippen LogP contribution in [-0.4, -0.2) is 72.0 Å². The molecule has 1 N–H and O–H groups in total. The molecule has 1 unspecified atom stereocenters. The molecule has 32 heavy (non-hydrogen) atoms. The molecule has 8 heteroatoms. The average molecular weight is 436 g/mol. The molecule has 0 aromatic heterocycles. The molecule has 1 atom stereocenters. The molecule has 1 aliphatic carbocycles. The van der Waals surface area contributed by atoms with Gasteiger partial charge in [-0.2, -0.15) is 0 Å². The number of piperazine rings is 1. The van der Waals surface area contributed by atoms with Crippen molar-refractivity contribution in [2.75, 3.05) is 32.8 Å². The van der Waals surface area contributed by atoms with Gasteiger partial charge in [-0.05, 0) is 22.3 Å². The lowest BCUT2D eigenvalue weighted by molar-refractivity contribution is -0.144. The molecule has 0 radical (unpaired) electrons. The molecule has 1 heterocycles. The smallest absolute Gasteiger partial charge is 0.410 e. The maximum Gasteiger partial charge on any atom is 0.410 e. The molecule has 166 valence electrons. The predicted molar refractivity (Wildman–Crippen MR) is 116 cm³/mol. The first kappa shape index (κ1) is 21.4. The minimum atomic E-state index is -1.21. The van der Waals surface area contributed by atoms with E-state index in [0.717, 1.165) is 27.2 Å². The number of benzene rings is 2. The molecule has 2 aromatic rings. The second kappa shape index (κ2) is 9.13. The Bertz CT molecular complexity index is 1010. The largest absolute Gasteiger partial charge is 0.480 e.